The first-order chi connectivity index (χ1) is 9.51. The van der Waals surface area contributed by atoms with Crippen LogP contribution in [0.25, 0.3) is 0 Å². The largest absolute Gasteiger partial charge is 0.378 e. The second kappa shape index (κ2) is 5.75. The number of nitrogens with one attached hydrogen (secondary N) is 1. The number of nitrogens with zero attached hydrogens (tertiary/aromatic N) is 1. The molecule has 1 atom stereocenters. The van der Waals surface area contributed by atoms with Crippen molar-refractivity contribution < 1.29 is 4.39 Å². The summed E-state index contributed by atoms with van der Waals surface area (Å²) in [5, 5.41) is 12.2. The molecule has 0 radical (unpaired) electrons. The average Bonchev–Trinajstić information content (AvgIpc) is 2.40. The fourth-order valence-electron chi connectivity index (χ4n) is 2.34. The van der Waals surface area contributed by atoms with Gasteiger partial charge in [-0.1, -0.05) is 23.8 Å². The first-order valence-electron chi connectivity index (χ1n) is 6.54. The highest BCUT2D eigenvalue weighted by Crippen LogP contribution is 2.24. The molecule has 0 aliphatic rings. The van der Waals surface area contributed by atoms with Gasteiger partial charge < -0.3 is 5.32 Å². The van der Waals surface area contributed by atoms with Crippen LogP contribution in [0.3, 0.4) is 0 Å². The van der Waals surface area contributed by atoms with Crippen LogP contribution < -0.4 is 5.32 Å². The monoisotopic (exact) mass is 268 g/mol. The maximum absolute atomic E-state index is 13.3. The molecule has 0 amide bonds. The van der Waals surface area contributed by atoms with Crippen LogP contribution in [0, 0.1) is 31.0 Å². The predicted octanol–water partition coefficient (Wildman–Crippen LogP) is 4.49. The first-order valence-corrected chi connectivity index (χ1v) is 6.54. The van der Waals surface area contributed by atoms with E-state index in [1.807, 2.05) is 13.0 Å². The smallest absolute Gasteiger partial charge is 0.141 e. The zero-order chi connectivity index (χ0) is 14.7. The van der Waals surface area contributed by atoms with E-state index in [1.54, 1.807) is 6.07 Å². The summed E-state index contributed by atoms with van der Waals surface area (Å²) >= 11 is 0. The van der Waals surface area contributed by atoms with E-state index in [0.717, 1.165) is 5.69 Å². The Kier molecular flexibility index (Phi) is 4.05. The zero-order valence-corrected chi connectivity index (χ0v) is 11.9. The third kappa shape index (κ3) is 2.97. The van der Waals surface area contributed by atoms with Crippen molar-refractivity contribution in [3.05, 3.63) is 64.5 Å². The Bertz CT molecular complexity index is 671. The minimum absolute atomic E-state index is 0.0582. The van der Waals surface area contributed by atoms with E-state index in [0.29, 0.717) is 0 Å². The van der Waals surface area contributed by atoms with Crippen molar-refractivity contribution in [3.63, 3.8) is 0 Å². The Labute approximate surface area is 118 Å². The van der Waals surface area contributed by atoms with Crippen molar-refractivity contribution in [2.75, 3.05) is 5.32 Å². The van der Waals surface area contributed by atoms with Crippen molar-refractivity contribution in [2.45, 2.75) is 26.8 Å². The molecule has 102 valence electrons. The summed E-state index contributed by atoms with van der Waals surface area (Å²) < 4.78 is 13.3. The molecule has 2 aromatic carbocycles. The summed E-state index contributed by atoms with van der Waals surface area (Å²) in [7, 11) is 0. The van der Waals surface area contributed by atoms with Gasteiger partial charge in [0.15, 0.2) is 0 Å². The van der Waals surface area contributed by atoms with E-state index in [-0.39, 0.29) is 11.6 Å². The number of nitriles is 1. The SMILES string of the molecule is Cc1ccc(C(C)Nc2ccc(F)c(C#N)c2)c(C)c1. The van der Waals surface area contributed by atoms with Crippen LogP contribution in [0.4, 0.5) is 10.1 Å². The van der Waals surface area contributed by atoms with Crippen LogP contribution in [0.5, 0.6) is 0 Å². The van der Waals surface area contributed by atoms with Gasteiger partial charge >= 0.3 is 0 Å². The summed E-state index contributed by atoms with van der Waals surface area (Å²) in [6.07, 6.45) is 0. The van der Waals surface area contributed by atoms with E-state index in [9.17, 15) is 4.39 Å². The second-order valence-corrected chi connectivity index (χ2v) is 5.03. The maximum Gasteiger partial charge on any atom is 0.141 e. The lowest BCUT2D eigenvalue weighted by Gasteiger charge is -2.18. The van der Waals surface area contributed by atoms with Crippen molar-refractivity contribution in [3.8, 4) is 6.07 Å². The molecule has 0 spiro atoms. The summed E-state index contributed by atoms with van der Waals surface area (Å²) in [4.78, 5) is 0. The van der Waals surface area contributed by atoms with Crippen LogP contribution >= 0.6 is 0 Å². The Hall–Kier alpha value is -2.34. The number of hydrogen-bond donors (Lipinski definition) is 1. The summed E-state index contributed by atoms with van der Waals surface area (Å²) in [5.74, 6) is -0.489. The molecule has 0 aliphatic heterocycles. The number of rotatable bonds is 3. The molecule has 2 rings (SSSR count). The number of halogens is 1. The Morgan fingerprint density at radius 3 is 2.55 bits per heavy atom. The number of hydrogen-bond acceptors (Lipinski definition) is 2. The average molecular weight is 268 g/mol. The van der Waals surface area contributed by atoms with Crippen LogP contribution in [0.15, 0.2) is 36.4 Å². The minimum atomic E-state index is -0.489. The van der Waals surface area contributed by atoms with Crippen LogP contribution in [0.1, 0.15) is 35.2 Å². The van der Waals surface area contributed by atoms with E-state index in [1.165, 1.54) is 28.8 Å². The number of anilines is 1. The maximum atomic E-state index is 13.3. The lowest BCUT2D eigenvalue weighted by Crippen LogP contribution is -2.08. The van der Waals surface area contributed by atoms with Gasteiger partial charge in [0.1, 0.15) is 11.9 Å². The van der Waals surface area contributed by atoms with Gasteiger partial charge in [0.2, 0.25) is 0 Å². The zero-order valence-electron chi connectivity index (χ0n) is 11.9. The van der Waals surface area contributed by atoms with E-state index >= 15 is 0 Å². The molecular formula is C17H17FN2. The molecule has 0 fully saturated rings. The van der Waals surface area contributed by atoms with E-state index in [2.05, 4.69) is 37.4 Å². The lowest BCUT2D eigenvalue weighted by atomic mass is 10.00. The van der Waals surface area contributed by atoms with Crippen LogP contribution in [-0.4, -0.2) is 0 Å². The highest BCUT2D eigenvalue weighted by Gasteiger charge is 2.10. The molecule has 0 bridgehead atoms. The van der Waals surface area contributed by atoms with Crippen molar-refractivity contribution in [1.29, 1.82) is 5.26 Å². The van der Waals surface area contributed by atoms with Gasteiger partial charge in [0.25, 0.3) is 0 Å². The standard InChI is InChI=1S/C17H17FN2/c1-11-4-6-16(12(2)8-11)13(3)20-15-5-7-17(18)14(9-15)10-19/h4-9,13,20H,1-3H3. The molecule has 3 heteroatoms. The second-order valence-electron chi connectivity index (χ2n) is 5.03. The predicted molar refractivity (Wildman–Crippen MR) is 79.1 cm³/mol. The Morgan fingerprint density at radius 1 is 1.15 bits per heavy atom. The minimum Gasteiger partial charge on any atom is -0.378 e. The third-order valence-electron chi connectivity index (χ3n) is 3.36. The lowest BCUT2D eigenvalue weighted by molar-refractivity contribution is 0.624. The number of benzene rings is 2. The topological polar surface area (TPSA) is 35.8 Å². The summed E-state index contributed by atoms with van der Waals surface area (Å²) in [5.41, 5.74) is 4.44. The molecule has 20 heavy (non-hydrogen) atoms. The third-order valence-corrected chi connectivity index (χ3v) is 3.36. The Balaban J connectivity index is 2.23. The summed E-state index contributed by atoms with van der Waals surface area (Å²) in [6.45, 7) is 6.19. The fourth-order valence-corrected chi connectivity index (χ4v) is 2.34. The van der Waals surface area contributed by atoms with Gasteiger partial charge in [0, 0.05) is 11.7 Å². The summed E-state index contributed by atoms with van der Waals surface area (Å²) in [6, 6.07) is 12.8. The van der Waals surface area contributed by atoms with Crippen molar-refractivity contribution in [2.24, 2.45) is 0 Å². The van der Waals surface area contributed by atoms with Crippen molar-refractivity contribution >= 4 is 5.69 Å². The van der Waals surface area contributed by atoms with Gasteiger partial charge in [0.05, 0.1) is 5.56 Å². The van der Waals surface area contributed by atoms with Crippen LogP contribution in [0.2, 0.25) is 0 Å². The molecular weight excluding hydrogens is 251 g/mol. The molecule has 2 nitrogen and oxygen atoms in total. The highest BCUT2D eigenvalue weighted by atomic mass is 19.1. The fraction of sp³-hybridized carbons (Fsp3) is 0.235. The Morgan fingerprint density at radius 2 is 1.90 bits per heavy atom. The molecule has 1 unspecified atom stereocenters. The molecule has 0 aliphatic carbocycles. The van der Waals surface area contributed by atoms with Gasteiger partial charge in [-0.3, -0.25) is 0 Å². The molecule has 1 N–H and O–H groups in total. The highest BCUT2D eigenvalue weighted by molar-refractivity contribution is 5.51. The molecule has 0 saturated heterocycles. The van der Waals surface area contributed by atoms with E-state index in [4.69, 9.17) is 5.26 Å². The van der Waals surface area contributed by atoms with Gasteiger partial charge in [-0.05, 0) is 50.1 Å². The van der Waals surface area contributed by atoms with Crippen LogP contribution in [-0.2, 0) is 0 Å². The molecule has 2 aromatic rings. The molecule has 0 aromatic heterocycles. The van der Waals surface area contributed by atoms with Gasteiger partial charge in [-0.25, -0.2) is 4.39 Å². The quantitative estimate of drug-likeness (QED) is 0.890. The molecule has 0 saturated carbocycles. The first kappa shape index (κ1) is 14.1. The van der Waals surface area contributed by atoms with E-state index < -0.39 is 5.82 Å². The normalized spacial score (nSPS) is 11.8. The van der Waals surface area contributed by atoms with Gasteiger partial charge in [-0.2, -0.15) is 5.26 Å². The van der Waals surface area contributed by atoms with Gasteiger partial charge in [-0.15, -0.1) is 0 Å². The number of aryl methyl sites for hydroxylation is 2. The van der Waals surface area contributed by atoms with Crippen molar-refractivity contribution in [1.82, 2.24) is 0 Å². The molecule has 0 heterocycles.